The van der Waals surface area contributed by atoms with Gasteiger partial charge < -0.3 is 14.7 Å². The van der Waals surface area contributed by atoms with Crippen molar-refractivity contribution in [3.05, 3.63) is 29.8 Å². The van der Waals surface area contributed by atoms with Gasteiger partial charge in [0, 0.05) is 25.3 Å². The van der Waals surface area contributed by atoms with Crippen LogP contribution in [0, 0.1) is 5.92 Å². The summed E-state index contributed by atoms with van der Waals surface area (Å²) >= 11 is 0. The fraction of sp³-hybridized carbons (Fsp3) is 0.588. The molecule has 0 radical (unpaired) electrons. The lowest BCUT2D eigenvalue weighted by Crippen LogP contribution is -2.40. The maximum absolute atomic E-state index is 12.5. The predicted molar refractivity (Wildman–Crippen MR) is 82.6 cm³/mol. The molecule has 0 aromatic heterocycles. The van der Waals surface area contributed by atoms with Crippen LogP contribution >= 0.6 is 0 Å². The van der Waals surface area contributed by atoms with E-state index in [1.165, 1.54) is 0 Å². The number of hydrogen-bond donors (Lipinski definition) is 1. The number of likely N-dealkylation sites (tertiary alicyclic amines) is 1. The van der Waals surface area contributed by atoms with E-state index in [2.05, 4.69) is 6.92 Å². The number of benzene rings is 1. The summed E-state index contributed by atoms with van der Waals surface area (Å²) in [6.45, 7) is 4.54. The van der Waals surface area contributed by atoms with Crippen LogP contribution in [0.25, 0.3) is 0 Å². The van der Waals surface area contributed by atoms with E-state index in [0.29, 0.717) is 18.1 Å². The topological polar surface area (TPSA) is 49.8 Å². The molecule has 0 saturated carbocycles. The number of ether oxygens (including phenoxy) is 1. The third kappa shape index (κ3) is 4.46. The quantitative estimate of drug-likeness (QED) is 0.876. The van der Waals surface area contributed by atoms with Crippen molar-refractivity contribution in [3.8, 4) is 5.75 Å². The van der Waals surface area contributed by atoms with Crippen molar-refractivity contribution < 1.29 is 14.6 Å². The molecule has 4 heteroatoms. The van der Waals surface area contributed by atoms with Crippen LogP contribution in [-0.4, -0.2) is 42.2 Å². The number of hydrogen-bond acceptors (Lipinski definition) is 3. The van der Waals surface area contributed by atoms with Gasteiger partial charge in [0.15, 0.2) is 0 Å². The minimum atomic E-state index is 0.0830. The number of piperidine rings is 1. The van der Waals surface area contributed by atoms with E-state index in [9.17, 15) is 4.79 Å². The second-order valence-corrected chi connectivity index (χ2v) is 5.64. The standard InChI is InChI=1S/C17H25NO3/c1-2-12-21-16-7-5-15(6-8-16)17(20)18-10-3-4-14(13-18)9-11-19/h5-8,14,19H,2-4,9-13H2,1H3. The van der Waals surface area contributed by atoms with E-state index in [0.717, 1.165) is 44.5 Å². The monoisotopic (exact) mass is 291 g/mol. The smallest absolute Gasteiger partial charge is 0.253 e. The van der Waals surface area contributed by atoms with Gasteiger partial charge in [0.2, 0.25) is 0 Å². The van der Waals surface area contributed by atoms with Gasteiger partial charge in [-0.3, -0.25) is 4.79 Å². The molecule has 1 aliphatic heterocycles. The molecular weight excluding hydrogens is 266 g/mol. The number of carbonyl (C=O) groups excluding carboxylic acids is 1. The molecule has 1 amide bonds. The highest BCUT2D eigenvalue weighted by atomic mass is 16.5. The predicted octanol–water partition coefficient (Wildman–Crippen LogP) is 2.71. The molecule has 1 N–H and O–H groups in total. The van der Waals surface area contributed by atoms with Gasteiger partial charge in [0.1, 0.15) is 5.75 Å². The summed E-state index contributed by atoms with van der Waals surface area (Å²) in [7, 11) is 0. The molecule has 1 heterocycles. The van der Waals surface area contributed by atoms with Crippen molar-refractivity contribution >= 4 is 5.91 Å². The second kappa shape index (κ2) is 8.03. The Bertz CT molecular complexity index is 442. The fourth-order valence-electron chi connectivity index (χ4n) is 2.76. The third-order valence-corrected chi connectivity index (χ3v) is 3.92. The zero-order chi connectivity index (χ0) is 15.1. The first-order valence-electron chi connectivity index (χ1n) is 7.87. The van der Waals surface area contributed by atoms with Gasteiger partial charge in [0.05, 0.1) is 6.61 Å². The summed E-state index contributed by atoms with van der Waals surface area (Å²) in [5, 5.41) is 9.04. The molecule has 1 atom stereocenters. The normalized spacial score (nSPS) is 18.6. The van der Waals surface area contributed by atoms with Gasteiger partial charge in [-0.2, -0.15) is 0 Å². The Morgan fingerprint density at radius 1 is 1.38 bits per heavy atom. The summed E-state index contributed by atoms with van der Waals surface area (Å²) in [6.07, 6.45) is 3.89. The van der Waals surface area contributed by atoms with Crippen LogP contribution in [0.3, 0.4) is 0 Å². The number of amides is 1. The van der Waals surface area contributed by atoms with E-state index in [4.69, 9.17) is 9.84 Å². The fourth-order valence-corrected chi connectivity index (χ4v) is 2.76. The maximum atomic E-state index is 12.5. The highest BCUT2D eigenvalue weighted by Crippen LogP contribution is 2.21. The molecule has 1 fully saturated rings. The van der Waals surface area contributed by atoms with Gasteiger partial charge in [-0.05, 0) is 55.9 Å². The largest absolute Gasteiger partial charge is 0.494 e. The Balaban J connectivity index is 1.95. The summed E-state index contributed by atoms with van der Waals surface area (Å²) in [5.74, 6) is 1.32. The van der Waals surface area contributed by atoms with Gasteiger partial charge in [-0.15, -0.1) is 0 Å². The van der Waals surface area contributed by atoms with Crippen molar-refractivity contribution in [3.63, 3.8) is 0 Å². The van der Waals surface area contributed by atoms with Crippen LogP contribution in [0.1, 0.15) is 43.0 Å². The van der Waals surface area contributed by atoms with E-state index in [-0.39, 0.29) is 12.5 Å². The lowest BCUT2D eigenvalue weighted by atomic mass is 9.94. The SMILES string of the molecule is CCCOc1ccc(C(=O)N2CCCC(CCO)C2)cc1. The average Bonchev–Trinajstić information content (AvgIpc) is 2.53. The molecule has 1 aliphatic rings. The number of rotatable bonds is 6. The molecule has 2 rings (SSSR count). The van der Waals surface area contributed by atoms with Crippen molar-refractivity contribution in [2.75, 3.05) is 26.3 Å². The molecule has 21 heavy (non-hydrogen) atoms. The first-order valence-corrected chi connectivity index (χ1v) is 7.87. The number of aliphatic hydroxyl groups excluding tert-OH is 1. The molecule has 1 aromatic rings. The molecule has 0 aliphatic carbocycles. The van der Waals surface area contributed by atoms with Crippen molar-refractivity contribution in [2.45, 2.75) is 32.6 Å². The Hall–Kier alpha value is -1.55. The minimum Gasteiger partial charge on any atom is -0.494 e. The molecule has 0 bridgehead atoms. The Labute approximate surface area is 126 Å². The van der Waals surface area contributed by atoms with Crippen LogP contribution in [0.2, 0.25) is 0 Å². The maximum Gasteiger partial charge on any atom is 0.253 e. The van der Waals surface area contributed by atoms with Gasteiger partial charge in [0.25, 0.3) is 5.91 Å². The molecule has 0 spiro atoms. The van der Waals surface area contributed by atoms with E-state index in [1.807, 2.05) is 29.2 Å². The third-order valence-electron chi connectivity index (χ3n) is 3.92. The summed E-state index contributed by atoms with van der Waals surface area (Å²) < 4.78 is 5.53. The number of nitrogens with zero attached hydrogens (tertiary/aromatic N) is 1. The summed E-state index contributed by atoms with van der Waals surface area (Å²) in [6, 6.07) is 7.39. The van der Waals surface area contributed by atoms with E-state index in [1.54, 1.807) is 0 Å². The average molecular weight is 291 g/mol. The Kier molecular flexibility index (Phi) is 6.05. The van der Waals surface area contributed by atoms with E-state index >= 15 is 0 Å². The molecule has 4 nitrogen and oxygen atoms in total. The lowest BCUT2D eigenvalue weighted by Gasteiger charge is -2.32. The van der Waals surface area contributed by atoms with Crippen molar-refractivity contribution in [1.29, 1.82) is 0 Å². The Morgan fingerprint density at radius 3 is 2.81 bits per heavy atom. The zero-order valence-corrected chi connectivity index (χ0v) is 12.8. The van der Waals surface area contributed by atoms with Crippen LogP contribution in [0.5, 0.6) is 5.75 Å². The second-order valence-electron chi connectivity index (χ2n) is 5.64. The van der Waals surface area contributed by atoms with Crippen LogP contribution in [-0.2, 0) is 0 Å². The molecular formula is C17H25NO3. The molecule has 1 aromatic carbocycles. The highest BCUT2D eigenvalue weighted by molar-refractivity contribution is 5.94. The lowest BCUT2D eigenvalue weighted by molar-refractivity contribution is 0.0653. The summed E-state index contributed by atoms with van der Waals surface area (Å²) in [4.78, 5) is 14.4. The van der Waals surface area contributed by atoms with Crippen LogP contribution in [0.4, 0.5) is 0 Å². The van der Waals surface area contributed by atoms with Gasteiger partial charge in [-0.1, -0.05) is 6.92 Å². The minimum absolute atomic E-state index is 0.0830. The number of carbonyl (C=O) groups is 1. The molecule has 116 valence electrons. The highest BCUT2D eigenvalue weighted by Gasteiger charge is 2.24. The van der Waals surface area contributed by atoms with Gasteiger partial charge >= 0.3 is 0 Å². The van der Waals surface area contributed by atoms with Crippen LogP contribution < -0.4 is 4.74 Å². The summed E-state index contributed by atoms with van der Waals surface area (Å²) in [5.41, 5.74) is 0.712. The van der Waals surface area contributed by atoms with Crippen LogP contribution in [0.15, 0.2) is 24.3 Å². The van der Waals surface area contributed by atoms with Crippen molar-refractivity contribution in [2.24, 2.45) is 5.92 Å². The molecule has 1 saturated heterocycles. The molecule has 1 unspecified atom stereocenters. The van der Waals surface area contributed by atoms with Gasteiger partial charge in [-0.25, -0.2) is 0 Å². The first-order chi connectivity index (χ1) is 10.2. The number of aliphatic hydroxyl groups is 1. The first kappa shape index (κ1) is 15.8. The van der Waals surface area contributed by atoms with E-state index < -0.39 is 0 Å². The zero-order valence-electron chi connectivity index (χ0n) is 12.8. The van der Waals surface area contributed by atoms with Crippen molar-refractivity contribution in [1.82, 2.24) is 4.90 Å². The Morgan fingerprint density at radius 2 is 2.14 bits per heavy atom.